The Balaban J connectivity index is 0.000000211. The minimum Gasteiger partial charge on any atom is -0.512 e. The summed E-state index contributed by atoms with van der Waals surface area (Å²) >= 11 is 0. The zero-order chi connectivity index (χ0) is 54.9. The number of hydrogen-bond donors (Lipinski definition) is 0. The van der Waals surface area contributed by atoms with Gasteiger partial charge in [-0.15, -0.1) is 0 Å². The van der Waals surface area contributed by atoms with Gasteiger partial charge in [-0.05, 0) is 167 Å². The number of nitrogens with zero attached hydrogens (tertiary/aromatic N) is 1. The average molecular weight is 1140 g/mol. The third-order valence-corrected chi connectivity index (χ3v) is 14.5. The molecule has 0 aliphatic heterocycles. The second kappa shape index (κ2) is 32.3. The van der Waals surface area contributed by atoms with Crippen molar-refractivity contribution < 1.29 is 57.2 Å². The van der Waals surface area contributed by atoms with Gasteiger partial charge >= 0.3 is 25.8 Å². The van der Waals surface area contributed by atoms with E-state index in [1.807, 2.05) is 281 Å². The zero-order valence-electron chi connectivity index (χ0n) is 45.1. The molecule has 0 N–H and O–H groups in total. The fraction of sp³-hybridized carbons (Fsp3) is 0.141. The van der Waals surface area contributed by atoms with Gasteiger partial charge in [-0.2, -0.15) is 0 Å². The van der Waals surface area contributed by atoms with Crippen LogP contribution >= 0.6 is 25.8 Å². The van der Waals surface area contributed by atoms with Crippen LogP contribution < -0.4 is 40.7 Å². The topological polar surface area (TPSA) is 107 Å². The van der Waals surface area contributed by atoms with E-state index in [0.29, 0.717) is 0 Å². The first-order chi connectivity index (χ1) is 37.4. The van der Waals surface area contributed by atoms with Gasteiger partial charge in [-0.25, -0.2) is 0 Å². The maximum Gasteiger partial charge on any atom is 0.530 e. The number of rotatable bonds is 18. The predicted octanol–water partition coefficient (Wildman–Crippen LogP) is 19.2. The van der Waals surface area contributed by atoms with E-state index in [0.717, 1.165) is 102 Å². The Morgan fingerprint density at radius 3 is 0.385 bits per heavy atom. The molecule has 0 fully saturated rings. The van der Waals surface area contributed by atoms with E-state index >= 15 is 0 Å². The molecule has 0 bridgehead atoms. The van der Waals surface area contributed by atoms with Crippen molar-refractivity contribution in [3.8, 4) is 51.7 Å². The van der Waals surface area contributed by atoms with Crippen molar-refractivity contribution in [1.82, 2.24) is 0 Å². The van der Waals surface area contributed by atoms with Gasteiger partial charge in [-0.3, -0.25) is 0 Å². The summed E-state index contributed by atoms with van der Waals surface area (Å²) in [6.07, 6.45) is 0. The van der Waals surface area contributed by atoms with Crippen molar-refractivity contribution >= 4 is 25.8 Å². The Kier molecular flexibility index (Phi) is 25.4. The first kappa shape index (κ1) is 61.3. The van der Waals surface area contributed by atoms with Crippen LogP contribution in [0.25, 0.3) is 0 Å². The van der Waals surface area contributed by atoms with Gasteiger partial charge in [0, 0.05) is 16.5 Å². The first-order valence-corrected chi connectivity index (χ1v) is 27.9. The van der Waals surface area contributed by atoms with E-state index in [1.54, 1.807) is 0 Å². The molecule has 404 valence electrons. The molecular weight excluding hydrogens is 1080 g/mol. The average Bonchev–Trinajstić information content (AvgIpc) is 3.43. The molecule has 9 aromatic rings. The second-order valence-electron chi connectivity index (χ2n) is 17.4. The summed E-state index contributed by atoms with van der Waals surface area (Å²) in [6.45, 7) is 22.8. The van der Waals surface area contributed by atoms with Gasteiger partial charge in [0.15, 0.2) is 0 Å². The summed E-state index contributed by atoms with van der Waals surface area (Å²) in [5.74, 6) is 6.84. The van der Waals surface area contributed by atoms with Crippen LogP contribution in [-0.4, -0.2) is 0 Å². The monoisotopic (exact) mass is 1140 g/mol. The van der Waals surface area contributed by atoms with Crippen molar-refractivity contribution in [2.45, 2.75) is 62.3 Å². The minimum atomic E-state index is -1.64. The van der Waals surface area contributed by atoms with Crippen LogP contribution in [0.1, 0.15) is 50.1 Å². The summed E-state index contributed by atoms with van der Waals surface area (Å²) in [7, 11) is -4.91. The molecule has 0 atom stereocenters. The third kappa shape index (κ3) is 19.2. The Morgan fingerprint density at radius 2 is 0.295 bits per heavy atom. The molecule has 78 heavy (non-hydrogen) atoms. The number of para-hydroxylation sites is 9. The summed E-state index contributed by atoms with van der Waals surface area (Å²) < 4.78 is 54.8. The van der Waals surface area contributed by atoms with E-state index < -0.39 is 25.8 Å². The van der Waals surface area contributed by atoms with Crippen molar-refractivity contribution in [3.63, 3.8) is 0 Å². The van der Waals surface area contributed by atoms with Crippen LogP contribution in [0, 0.1) is 74.1 Å². The molecule has 0 aliphatic carbocycles. The zero-order valence-corrected chi connectivity index (χ0v) is 48.7. The molecule has 0 spiro atoms. The summed E-state index contributed by atoms with van der Waals surface area (Å²) in [5.41, 5.74) is 9.35. The molecule has 0 unspecified atom stereocenters. The number of hydrogen-bond acceptors (Lipinski definition) is 10. The molecular formula is C64H63NNiO9P3-. The molecule has 9 aromatic carbocycles. The minimum absolute atomic E-state index is 0. The van der Waals surface area contributed by atoms with E-state index in [4.69, 9.17) is 52.5 Å². The standard InChI is InChI=1S/3C21H21O3P.CN.Ni/c3*1-16-10-4-7-13-19(16)22-25(23-20-14-8-5-11-17(20)2)24-21-15-9-6-12-18(21)3;1-2;/h3*4-15H,1-3H3;;/q;;;-1;. The summed E-state index contributed by atoms with van der Waals surface area (Å²) in [6, 6.07) is 70.7. The molecule has 0 saturated carbocycles. The molecule has 10 nitrogen and oxygen atoms in total. The van der Waals surface area contributed by atoms with Crippen LogP contribution in [0.3, 0.4) is 0 Å². The van der Waals surface area contributed by atoms with E-state index in [1.165, 1.54) is 0 Å². The van der Waals surface area contributed by atoms with Crippen molar-refractivity contribution in [2.75, 3.05) is 0 Å². The Morgan fingerprint density at radius 1 is 0.205 bits per heavy atom. The van der Waals surface area contributed by atoms with Gasteiger partial charge in [0.05, 0.1) is 0 Å². The molecule has 14 heteroatoms. The van der Waals surface area contributed by atoms with Crippen LogP contribution in [0.4, 0.5) is 0 Å². The fourth-order valence-corrected chi connectivity index (χ4v) is 10.4. The van der Waals surface area contributed by atoms with E-state index in [9.17, 15) is 0 Å². The normalized spacial score (nSPS) is 10.2. The molecule has 0 aromatic heterocycles. The smallest absolute Gasteiger partial charge is 0.512 e. The summed E-state index contributed by atoms with van der Waals surface area (Å²) in [4.78, 5) is 0. The van der Waals surface area contributed by atoms with Gasteiger partial charge in [0.1, 0.15) is 51.7 Å². The molecule has 0 aliphatic rings. The van der Waals surface area contributed by atoms with Gasteiger partial charge in [-0.1, -0.05) is 164 Å². The largest absolute Gasteiger partial charge is 0.530 e. The maximum atomic E-state index is 6.25. The molecule has 0 heterocycles. The number of aryl methyl sites for hydroxylation is 9. The Labute approximate surface area is 474 Å². The van der Waals surface area contributed by atoms with Crippen LogP contribution in [0.15, 0.2) is 218 Å². The van der Waals surface area contributed by atoms with Gasteiger partial charge < -0.3 is 52.5 Å². The van der Waals surface area contributed by atoms with Crippen molar-refractivity contribution in [1.29, 1.82) is 5.26 Å². The van der Waals surface area contributed by atoms with Crippen LogP contribution in [-0.2, 0) is 16.5 Å². The quantitative estimate of drug-likeness (QED) is 0.0468. The molecule has 0 radical (unpaired) electrons. The Hall–Kier alpha value is -7.55. The number of benzene rings is 9. The van der Waals surface area contributed by atoms with Gasteiger partial charge in [0.25, 0.3) is 0 Å². The first-order valence-electron chi connectivity index (χ1n) is 24.7. The molecule has 0 amide bonds. The second-order valence-corrected chi connectivity index (χ2v) is 20.4. The predicted molar refractivity (Wildman–Crippen MR) is 312 cm³/mol. The third-order valence-electron chi connectivity index (χ3n) is 11.4. The van der Waals surface area contributed by atoms with Gasteiger partial charge in [0.2, 0.25) is 0 Å². The van der Waals surface area contributed by atoms with Crippen molar-refractivity contribution in [2.24, 2.45) is 0 Å². The van der Waals surface area contributed by atoms with Crippen molar-refractivity contribution in [3.05, 3.63) is 275 Å². The maximum absolute atomic E-state index is 6.25. The van der Waals surface area contributed by atoms with E-state index in [2.05, 4.69) is 0 Å². The summed E-state index contributed by atoms with van der Waals surface area (Å²) in [5, 5.41) is 6.25. The molecule has 9 rings (SSSR count). The molecule has 0 saturated heterocycles. The fourth-order valence-electron chi connectivity index (χ4n) is 6.82. The van der Waals surface area contributed by atoms with Crippen LogP contribution in [0.5, 0.6) is 51.7 Å². The van der Waals surface area contributed by atoms with E-state index in [-0.39, 0.29) is 16.5 Å². The van der Waals surface area contributed by atoms with Crippen LogP contribution in [0.2, 0.25) is 0 Å². The Bertz CT molecular complexity index is 2610. The SMILES string of the molecule is Cc1ccccc1OP(Oc1ccccc1C)Oc1ccccc1C.Cc1ccccc1OP(Oc1ccccc1C)Oc1ccccc1C.Cc1ccccc1OP(Oc1ccccc1C)Oc1ccccc1C.[C-]#N.[Ni].